The fraction of sp³-hybridized carbons (Fsp3) is 0.889. The first-order chi connectivity index (χ1) is 23.7. The second-order valence-corrected chi connectivity index (χ2v) is 15.9. The highest BCUT2D eigenvalue weighted by Gasteiger charge is 2.20. The number of aliphatic hydroxyl groups excluding tert-OH is 2. The number of hydrogen-bond donors (Lipinski definition) is 8. The van der Waals surface area contributed by atoms with Gasteiger partial charge in [-0.1, -0.05) is 167 Å². The van der Waals surface area contributed by atoms with Crippen LogP contribution in [-0.2, 0) is 18.2 Å². The van der Waals surface area contributed by atoms with E-state index in [-0.39, 0.29) is 13.2 Å². The Morgan fingerprint density at radius 3 is 0.960 bits per heavy atom. The minimum absolute atomic E-state index is 0.381. The van der Waals surface area contributed by atoms with E-state index < -0.39 is 39.9 Å². The van der Waals surface area contributed by atoms with Crippen molar-refractivity contribution in [1.82, 2.24) is 0 Å². The predicted octanol–water partition coefficient (Wildman–Crippen LogP) is 8.08. The molecule has 12 nitrogen and oxygen atoms in total. The molecule has 0 aliphatic heterocycles. The van der Waals surface area contributed by atoms with Gasteiger partial charge in [0.2, 0.25) is 0 Å². The van der Waals surface area contributed by atoms with Crippen molar-refractivity contribution in [1.29, 1.82) is 0 Å². The molecule has 0 aromatic heterocycles. The maximum Gasteiger partial charge on any atom is 0.469 e. The Balaban J connectivity index is 0. The first kappa shape index (κ1) is 51.6. The lowest BCUT2D eigenvalue weighted by Gasteiger charge is -2.15. The zero-order chi connectivity index (χ0) is 37.9. The highest BCUT2D eigenvalue weighted by molar-refractivity contribution is 7.46. The average Bonchev–Trinajstić information content (AvgIpc) is 3.06. The summed E-state index contributed by atoms with van der Waals surface area (Å²) >= 11 is 0. The summed E-state index contributed by atoms with van der Waals surface area (Å²) in [5.74, 6) is 0. The Morgan fingerprint density at radius 2 is 0.720 bits per heavy atom. The lowest BCUT2D eigenvalue weighted by atomic mass is 10.0. The van der Waals surface area contributed by atoms with Crippen LogP contribution in [0.15, 0.2) is 24.3 Å². The predicted molar refractivity (Wildman–Crippen MR) is 204 cm³/mol. The van der Waals surface area contributed by atoms with Crippen LogP contribution in [0.25, 0.3) is 0 Å². The SMILES string of the molecule is CCCCCCCCCCCCC/C=C/C(O)C(N)COP(=O)(O)O.CCCCCCCCCCCCC/C=C/C(O)C(N)COP(=O)(O)O. The third-order valence-corrected chi connectivity index (χ3v) is 9.33. The van der Waals surface area contributed by atoms with Gasteiger partial charge in [-0.05, 0) is 25.7 Å². The first-order valence-electron chi connectivity index (χ1n) is 19.3. The monoisotopic (exact) mass is 758 g/mol. The van der Waals surface area contributed by atoms with Crippen molar-refractivity contribution < 1.29 is 48.0 Å². The summed E-state index contributed by atoms with van der Waals surface area (Å²) in [7, 11) is -9.07. The van der Waals surface area contributed by atoms with Gasteiger partial charge in [0.05, 0.1) is 37.5 Å². The average molecular weight is 759 g/mol. The molecule has 0 aromatic carbocycles. The van der Waals surface area contributed by atoms with Gasteiger partial charge >= 0.3 is 15.6 Å². The van der Waals surface area contributed by atoms with Crippen molar-refractivity contribution in [3.05, 3.63) is 24.3 Å². The molecule has 4 atom stereocenters. The van der Waals surface area contributed by atoms with Gasteiger partial charge in [-0.15, -0.1) is 0 Å². The molecule has 14 heteroatoms. The van der Waals surface area contributed by atoms with E-state index in [1.807, 2.05) is 12.2 Å². The highest BCUT2D eigenvalue weighted by Crippen LogP contribution is 2.36. The standard InChI is InChI=1S/2C18H38NO5P/c2*1-2-3-4-5-6-7-8-9-10-11-12-13-14-15-18(20)17(19)16-24-25(21,22)23/h2*14-15,17-18,20H,2-13,16,19H2,1H3,(H2,21,22,23)/b2*15-14+. The fourth-order valence-corrected chi connectivity index (χ4v) is 5.91. The van der Waals surface area contributed by atoms with E-state index in [1.54, 1.807) is 12.2 Å². The molecule has 0 amide bonds. The second-order valence-electron chi connectivity index (χ2n) is 13.4. The number of phosphoric acid groups is 2. The Hall–Kier alpha value is -0.460. The van der Waals surface area contributed by atoms with Crippen LogP contribution in [0.4, 0.5) is 0 Å². The molecule has 300 valence electrons. The van der Waals surface area contributed by atoms with Crippen molar-refractivity contribution in [2.24, 2.45) is 11.5 Å². The Bertz CT molecular complexity index is 815. The minimum Gasteiger partial charge on any atom is -0.387 e. The van der Waals surface area contributed by atoms with E-state index in [9.17, 15) is 19.3 Å². The summed E-state index contributed by atoms with van der Waals surface area (Å²) in [4.78, 5) is 34.3. The molecule has 0 fully saturated rings. The van der Waals surface area contributed by atoms with E-state index in [1.165, 1.54) is 128 Å². The summed E-state index contributed by atoms with van der Waals surface area (Å²) in [5, 5.41) is 19.5. The van der Waals surface area contributed by atoms with Gasteiger partial charge in [-0.25, -0.2) is 9.13 Å². The number of rotatable bonds is 34. The van der Waals surface area contributed by atoms with Crippen LogP contribution in [0.5, 0.6) is 0 Å². The third-order valence-electron chi connectivity index (χ3n) is 8.36. The lowest BCUT2D eigenvalue weighted by Crippen LogP contribution is -2.37. The molecule has 0 saturated carbocycles. The van der Waals surface area contributed by atoms with Gasteiger partial charge in [0.15, 0.2) is 0 Å². The van der Waals surface area contributed by atoms with E-state index >= 15 is 0 Å². The quantitative estimate of drug-likeness (QED) is 0.0177. The summed E-state index contributed by atoms with van der Waals surface area (Å²) in [6.07, 6.45) is 35.3. The first-order valence-corrected chi connectivity index (χ1v) is 22.4. The number of allylic oxidation sites excluding steroid dienone is 2. The largest absolute Gasteiger partial charge is 0.469 e. The highest BCUT2D eigenvalue weighted by atomic mass is 31.2. The Morgan fingerprint density at radius 1 is 0.480 bits per heavy atom. The Kier molecular flexibility index (Phi) is 36.7. The molecule has 0 spiro atoms. The van der Waals surface area contributed by atoms with Crippen molar-refractivity contribution in [3.8, 4) is 0 Å². The van der Waals surface area contributed by atoms with Gasteiger partial charge in [0, 0.05) is 0 Å². The number of phosphoric ester groups is 2. The van der Waals surface area contributed by atoms with Crippen LogP contribution < -0.4 is 11.5 Å². The van der Waals surface area contributed by atoms with Gasteiger partial charge < -0.3 is 41.3 Å². The fourth-order valence-electron chi connectivity index (χ4n) is 5.17. The van der Waals surface area contributed by atoms with Crippen molar-refractivity contribution in [3.63, 3.8) is 0 Å². The Labute approximate surface area is 304 Å². The number of nitrogens with two attached hydrogens (primary N) is 2. The summed E-state index contributed by atoms with van der Waals surface area (Å²) in [6, 6.07) is -1.69. The van der Waals surface area contributed by atoms with Gasteiger partial charge in [-0.2, -0.15) is 0 Å². The van der Waals surface area contributed by atoms with Crippen molar-refractivity contribution in [2.45, 2.75) is 192 Å². The smallest absolute Gasteiger partial charge is 0.387 e. The van der Waals surface area contributed by atoms with Gasteiger partial charge in [0.25, 0.3) is 0 Å². The summed E-state index contributed by atoms with van der Waals surface area (Å²) < 4.78 is 29.7. The number of unbranched alkanes of at least 4 members (excludes halogenated alkanes) is 22. The van der Waals surface area contributed by atoms with Crippen LogP contribution in [0.1, 0.15) is 168 Å². The van der Waals surface area contributed by atoms with Crippen LogP contribution in [0.2, 0.25) is 0 Å². The van der Waals surface area contributed by atoms with E-state index in [0.29, 0.717) is 0 Å². The maximum atomic E-state index is 10.6. The molecule has 0 aliphatic carbocycles. The summed E-state index contributed by atoms with van der Waals surface area (Å²) in [5.41, 5.74) is 11.2. The molecule has 4 unspecified atom stereocenters. The molecule has 0 aliphatic rings. The topological polar surface area (TPSA) is 226 Å². The molecule has 0 heterocycles. The zero-order valence-corrected chi connectivity index (χ0v) is 33.2. The molecular weight excluding hydrogens is 682 g/mol. The van der Waals surface area contributed by atoms with E-state index in [2.05, 4.69) is 22.9 Å². The molecule has 0 bridgehead atoms. The van der Waals surface area contributed by atoms with Gasteiger partial charge in [0.1, 0.15) is 0 Å². The molecule has 0 rings (SSSR count). The van der Waals surface area contributed by atoms with Crippen molar-refractivity contribution in [2.75, 3.05) is 13.2 Å². The molecule has 50 heavy (non-hydrogen) atoms. The van der Waals surface area contributed by atoms with E-state index in [0.717, 1.165) is 25.7 Å². The van der Waals surface area contributed by atoms with Crippen LogP contribution in [-0.4, -0.2) is 67.3 Å². The molecule has 0 saturated heterocycles. The van der Waals surface area contributed by atoms with Crippen molar-refractivity contribution >= 4 is 15.6 Å². The minimum atomic E-state index is -4.53. The lowest BCUT2D eigenvalue weighted by molar-refractivity contribution is 0.128. The number of aliphatic hydroxyl groups is 2. The molecule has 0 aromatic rings. The van der Waals surface area contributed by atoms with Crippen LogP contribution in [0, 0.1) is 0 Å². The normalized spacial score (nSPS) is 14.9. The molecule has 0 radical (unpaired) electrons. The van der Waals surface area contributed by atoms with Crippen LogP contribution in [0.3, 0.4) is 0 Å². The second kappa shape index (κ2) is 35.6. The summed E-state index contributed by atoms with van der Waals surface area (Å²) in [6.45, 7) is 3.72. The third kappa shape index (κ3) is 42.0. The number of hydrogen-bond acceptors (Lipinski definition) is 8. The zero-order valence-electron chi connectivity index (χ0n) is 31.4. The van der Waals surface area contributed by atoms with E-state index in [4.69, 9.17) is 31.0 Å². The maximum absolute atomic E-state index is 10.6. The molecule has 10 N–H and O–H groups in total. The molecular formula is C36H76N2O10P2. The van der Waals surface area contributed by atoms with Gasteiger partial charge in [-0.3, -0.25) is 9.05 Å². The van der Waals surface area contributed by atoms with Crippen LogP contribution >= 0.6 is 15.6 Å².